The van der Waals surface area contributed by atoms with E-state index in [1.165, 1.54) is 34.7 Å². The molecule has 0 radical (unpaired) electrons. The van der Waals surface area contributed by atoms with Crippen LogP contribution in [0.1, 0.15) is 25.3 Å². The summed E-state index contributed by atoms with van der Waals surface area (Å²) in [6.45, 7) is 2.24. The van der Waals surface area contributed by atoms with Gasteiger partial charge in [-0.2, -0.15) is 0 Å². The summed E-state index contributed by atoms with van der Waals surface area (Å²) in [6, 6.07) is 16.3. The maximum absolute atomic E-state index is 4.76. The SMILES string of the molecule is CCCCc1ccc2c(c1)c1ccc[c-]c1c1nccn21.[Cl][Zn+]. The minimum absolute atomic E-state index is 0.847. The molecule has 0 saturated heterocycles. The summed E-state index contributed by atoms with van der Waals surface area (Å²) >= 11 is 0.847. The van der Waals surface area contributed by atoms with Gasteiger partial charge < -0.3 is 4.40 Å². The monoisotopic (exact) mass is 372 g/mol. The Kier molecular flexibility index (Phi) is 5.30. The first-order valence-corrected chi connectivity index (χ1v) is 11.7. The van der Waals surface area contributed by atoms with Gasteiger partial charge in [-0.1, -0.05) is 30.9 Å². The first kappa shape index (κ1) is 16.4. The molecule has 4 rings (SSSR count). The predicted molar refractivity (Wildman–Crippen MR) is 93.5 cm³/mol. The third kappa shape index (κ3) is 3.00. The van der Waals surface area contributed by atoms with E-state index >= 15 is 0 Å². The molecular weight excluding hydrogens is 357 g/mol. The van der Waals surface area contributed by atoms with Crippen LogP contribution < -0.4 is 0 Å². The van der Waals surface area contributed by atoms with Gasteiger partial charge in [0.1, 0.15) is 0 Å². The Morgan fingerprint density at radius 1 is 1.22 bits per heavy atom. The molecule has 2 nitrogen and oxygen atoms in total. The predicted octanol–water partition coefficient (Wildman–Crippen LogP) is 5.47. The third-order valence-electron chi connectivity index (χ3n) is 4.15. The second-order valence-corrected chi connectivity index (χ2v) is 5.53. The molecule has 112 valence electrons. The number of aryl methyl sites for hydroxylation is 1. The van der Waals surface area contributed by atoms with Crippen molar-refractivity contribution in [3.8, 4) is 0 Å². The van der Waals surface area contributed by atoms with E-state index in [0.717, 1.165) is 34.8 Å². The second-order valence-electron chi connectivity index (χ2n) is 5.53. The molecule has 2 aromatic carbocycles. The fourth-order valence-corrected chi connectivity index (χ4v) is 3.07. The van der Waals surface area contributed by atoms with Gasteiger partial charge in [0.2, 0.25) is 0 Å². The van der Waals surface area contributed by atoms with Gasteiger partial charge in [-0.05, 0) is 29.9 Å². The first-order valence-electron chi connectivity index (χ1n) is 7.83. The van der Waals surface area contributed by atoms with Crippen LogP contribution in [0.25, 0.3) is 27.3 Å². The van der Waals surface area contributed by atoms with Crippen LogP contribution in [0.15, 0.2) is 48.8 Å². The summed E-state index contributed by atoms with van der Waals surface area (Å²) in [5.41, 5.74) is 3.61. The molecule has 23 heavy (non-hydrogen) atoms. The molecule has 2 aromatic heterocycles. The number of halogens is 1. The van der Waals surface area contributed by atoms with Crippen LogP contribution in [0.2, 0.25) is 0 Å². The van der Waals surface area contributed by atoms with Crippen LogP contribution in [-0.2, 0) is 23.7 Å². The number of imidazole rings is 1. The number of hydrogen-bond acceptors (Lipinski definition) is 1. The van der Waals surface area contributed by atoms with Gasteiger partial charge in [0.05, 0.1) is 5.65 Å². The van der Waals surface area contributed by atoms with Crippen molar-refractivity contribution in [1.82, 2.24) is 9.38 Å². The van der Waals surface area contributed by atoms with Crippen molar-refractivity contribution in [2.24, 2.45) is 0 Å². The van der Waals surface area contributed by atoms with Gasteiger partial charge >= 0.3 is 27.0 Å². The fraction of sp³-hybridized carbons (Fsp3) is 0.211. The van der Waals surface area contributed by atoms with Crippen molar-refractivity contribution in [2.75, 3.05) is 0 Å². The first-order chi connectivity index (χ1) is 11.4. The molecule has 0 aliphatic carbocycles. The van der Waals surface area contributed by atoms with Crippen molar-refractivity contribution in [3.63, 3.8) is 0 Å². The second kappa shape index (κ2) is 7.42. The molecule has 4 heteroatoms. The Bertz CT molecular complexity index is 946. The molecule has 0 unspecified atom stereocenters. The number of unbranched alkanes of at least 4 members (excludes halogenated alkanes) is 1. The van der Waals surface area contributed by atoms with E-state index in [4.69, 9.17) is 9.69 Å². The van der Waals surface area contributed by atoms with Crippen molar-refractivity contribution in [2.45, 2.75) is 26.2 Å². The van der Waals surface area contributed by atoms with Gasteiger partial charge in [0.25, 0.3) is 0 Å². The zero-order valence-electron chi connectivity index (χ0n) is 13.2. The number of nitrogens with zero attached hydrogens (tertiary/aromatic N) is 2. The number of pyridine rings is 1. The molecule has 0 aliphatic heterocycles. The van der Waals surface area contributed by atoms with Crippen LogP contribution in [0.4, 0.5) is 0 Å². The van der Waals surface area contributed by atoms with E-state index in [9.17, 15) is 0 Å². The van der Waals surface area contributed by atoms with E-state index < -0.39 is 0 Å². The van der Waals surface area contributed by atoms with E-state index in [2.05, 4.69) is 52.7 Å². The van der Waals surface area contributed by atoms with E-state index in [0.29, 0.717) is 0 Å². The molecule has 0 N–H and O–H groups in total. The summed E-state index contributed by atoms with van der Waals surface area (Å²) < 4.78 is 2.16. The standard InChI is InChI=1S/C19H17N2.ClH.Zn/c1-2-3-6-14-9-10-18-17(13-14)15-7-4-5-8-16(15)19-20-11-12-21(18)19;;/h4-5,7,9-13H,2-3,6H2,1H3;1H;/q-1;;+2/p-1. The number of aromatic nitrogens is 2. The summed E-state index contributed by atoms with van der Waals surface area (Å²) in [5, 5.41) is 3.63. The third-order valence-corrected chi connectivity index (χ3v) is 4.15. The van der Waals surface area contributed by atoms with E-state index in [-0.39, 0.29) is 0 Å². The van der Waals surface area contributed by atoms with Gasteiger partial charge in [0, 0.05) is 17.9 Å². The Balaban J connectivity index is 0.000000753. The van der Waals surface area contributed by atoms with E-state index in [1.54, 1.807) is 0 Å². The molecule has 0 fully saturated rings. The van der Waals surface area contributed by atoms with E-state index in [1.807, 2.05) is 18.5 Å². The Morgan fingerprint density at radius 3 is 2.91 bits per heavy atom. The molecule has 0 atom stereocenters. The van der Waals surface area contributed by atoms with Gasteiger partial charge in [-0.15, -0.1) is 29.7 Å². The number of hydrogen-bond donors (Lipinski definition) is 0. The Morgan fingerprint density at radius 2 is 2.09 bits per heavy atom. The van der Waals surface area contributed by atoms with Crippen LogP contribution in [0, 0.1) is 6.07 Å². The minimum atomic E-state index is 0.847. The molecule has 2 heterocycles. The van der Waals surface area contributed by atoms with Gasteiger partial charge in [-0.3, -0.25) is 4.98 Å². The topological polar surface area (TPSA) is 17.3 Å². The number of fused-ring (bicyclic) bond motifs is 6. The molecule has 0 saturated carbocycles. The van der Waals surface area contributed by atoms with Crippen molar-refractivity contribution < 1.29 is 17.3 Å². The normalized spacial score (nSPS) is 11.0. The zero-order chi connectivity index (χ0) is 16.2. The van der Waals surface area contributed by atoms with Gasteiger partial charge in [-0.25, -0.2) is 0 Å². The Labute approximate surface area is 150 Å². The van der Waals surface area contributed by atoms with Crippen molar-refractivity contribution in [3.05, 3.63) is 60.4 Å². The van der Waals surface area contributed by atoms with Crippen molar-refractivity contribution >= 4 is 37.0 Å². The molecule has 0 amide bonds. The summed E-state index contributed by atoms with van der Waals surface area (Å²) in [6.07, 6.45) is 7.51. The quantitative estimate of drug-likeness (QED) is 0.264. The molecule has 0 aliphatic rings. The van der Waals surface area contributed by atoms with Crippen LogP contribution in [0.3, 0.4) is 0 Å². The zero-order valence-corrected chi connectivity index (χ0v) is 16.9. The maximum atomic E-state index is 4.76. The molecular formula is C19H17ClN2Zn. The average molecular weight is 374 g/mol. The van der Waals surface area contributed by atoms with Crippen LogP contribution >= 0.6 is 9.69 Å². The number of benzene rings is 2. The molecule has 0 spiro atoms. The summed E-state index contributed by atoms with van der Waals surface area (Å²) in [7, 11) is 4.76. The fourth-order valence-electron chi connectivity index (χ4n) is 3.07. The van der Waals surface area contributed by atoms with Crippen LogP contribution in [-0.4, -0.2) is 9.38 Å². The van der Waals surface area contributed by atoms with Crippen LogP contribution in [0.5, 0.6) is 0 Å². The Hall–Kier alpha value is -1.44. The average Bonchev–Trinajstić information content (AvgIpc) is 3.12. The molecule has 0 bridgehead atoms. The molecule has 4 aromatic rings. The number of rotatable bonds is 3. The summed E-state index contributed by atoms with van der Waals surface area (Å²) in [5.74, 6) is 0. The van der Waals surface area contributed by atoms with Gasteiger partial charge in [0.15, 0.2) is 0 Å². The van der Waals surface area contributed by atoms with Crippen molar-refractivity contribution in [1.29, 1.82) is 0 Å². The summed E-state index contributed by atoms with van der Waals surface area (Å²) in [4.78, 5) is 4.50.